The Morgan fingerprint density at radius 3 is 2.41 bits per heavy atom. The van der Waals surface area contributed by atoms with Crippen LogP contribution in [0.5, 0.6) is 5.75 Å². The summed E-state index contributed by atoms with van der Waals surface area (Å²) < 4.78 is 5.06. The number of aromatic hydroxyl groups is 1. The van der Waals surface area contributed by atoms with Crippen molar-refractivity contribution in [3.05, 3.63) is 23.8 Å². The standard InChI is InChI=1S/C15H23N3O4/c1-10-5-6-11(12(19)9-10)18-13(20)16-7-8-17-14(21)22-15(2,3)4/h5-6,9,19H,7-8H2,1-4H3,(H,17,21)(H2,16,18,20). The van der Waals surface area contributed by atoms with Crippen molar-refractivity contribution in [2.24, 2.45) is 0 Å². The minimum atomic E-state index is -0.558. The molecule has 0 aliphatic heterocycles. The highest BCUT2D eigenvalue weighted by atomic mass is 16.6. The molecule has 7 nitrogen and oxygen atoms in total. The summed E-state index contributed by atoms with van der Waals surface area (Å²) in [5.74, 6) is 0.00188. The number of benzene rings is 1. The summed E-state index contributed by atoms with van der Waals surface area (Å²) in [6, 6.07) is 4.48. The number of anilines is 1. The minimum Gasteiger partial charge on any atom is -0.506 e. The maximum atomic E-state index is 11.6. The molecule has 0 aliphatic rings. The normalized spacial score (nSPS) is 10.7. The molecule has 0 atom stereocenters. The summed E-state index contributed by atoms with van der Waals surface area (Å²) in [4.78, 5) is 23.0. The van der Waals surface area contributed by atoms with E-state index in [1.165, 1.54) is 0 Å². The van der Waals surface area contributed by atoms with E-state index >= 15 is 0 Å². The van der Waals surface area contributed by atoms with Gasteiger partial charge in [-0.1, -0.05) is 6.07 Å². The van der Waals surface area contributed by atoms with Gasteiger partial charge in [0.2, 0.25) is 0 Å². The highest BCUT2D eigenvalue weighted by molar-refractivity contribution is 5.90. The monoisotopic (exact) mass is 309 g/mol. The third kappa shape index (κ3) is 6.83. The molecule has 122 valence electrons. The first kappa shape index (κ1) is 17.6. The number of aryl methyl sites for hydroxylation is 1. The third-order valence-electron chi connectivity index (χ3n) is 2.48. The fourth-order valence-corrected chi connectivity index (χ4v) is 1.57. The highest BCUT2D eigenvalue weighted by Gasteiger charge is 2.15. The second-order valence-electron chi connectivity index (χ2n) is 5.83. The predicted molar refractivity (Wildman–Crippen MR) is 84.1 cm³/mol. The topological polar surface area (TPSA) is 99.7 Å². The Morgan fingerprint density at radius 2 is 1.82 bits per heavy atom. The predicted octanol–water partition coefficient (Wildman–Crippen LogP) is 2.35. The van der Waals surface area contributed by atoms with E-state index < -0.39 is 17.7 Å². The Bertz CT molecular complexity index is 538. The van der Waals surface area contributed by atoms with Gasteiger partial charge in [0.05, 0.1) is 5.69 Å². The number of urea groups is 1. The van der Waals surface area contributed by atoms with Crippen molar-refractivity contribution in [3.8, 4) is 5.75 Å². The van der Waals surface area contributed by atoms with Crippen LogP contribution in [0, 0.1) is 6.92 Å². The smallest absolute Gasteiger partial charge is 0.407 e. The van der Waals surface area contributed by atoms with Crippen LogP contribution in [0.2, 0.25) is 0 Å². The van der Waals surface area contributed by atoms with Crippen LogP contribution in [0.4, 0.5) is 15.3 Å². The largest absolute Gasteiger partial charge is 0.506 e. The zero-order valence-corrected chi connectivity index (χ0v) is 13.3. The molecule has 0 unspecified atom stereocenters. The Hall–Kier alpha value is -2.44. The SMILES string of the molecule is Cc1ccc(NC(=O)NCCNC(=O)OC(C)(C)C)c(O)c1. The number of phenolic OH excluding ortho intramolecular Hbond substituents is 1. The summed E-state index contributed by atoms with van der Waals surface area (Å²) >= 11 is 0. The van der Waals surface area contributed by atoms with Gasteiger partial charge in [0, 0.05) is 13.1 Å². The van der Waals surface area contributed by atoms with E-state index in [0.717, 1.165) is 5.56 Å². The Balaban J connectivity index is 2.28. The summed E-state index contributed by atoms with van der Waals surface area (Å²) in [7, 11) is 0. The van der Waals surface area contributed by atoms with Crippen LogP contribution in [-0.4, -0.2) is 35.9 Å². The van der Waals surface area contributed by atoms with E-state index in [4.69, 9.17) is 4.74 Å². The van der Waals surface area contributed by atoms with Gasteiger partial charge < -0.3 is 25.8 Å². The number of rotatable bonds is 4. The molecular formula is C15H23N3O4. The van der Waals surface area contributed by atoms with E-state index in [1.54, 1.807) is 39.0 Å². The first-order chi connectivity index (χ1) is 10.2. The molecule has 0 saturated heterocycles. The van der Waals surface area contributed by atoms with Crippen molar-refractivity contribution < 1.29 is 19.4 Å². The molecule has 0 saturated carbocycles. The molecule has 1 rings (SSSR count). The fourth-order valence-electron chi connectivity index (χ4n) is 1.57. The van der Waals surface area contributed by atoms with Crippen LogP contribution < -0.4 is 16.0 Å². The lowest BCUT2D eigenvalue weighted by molar-refractivity contribution is 0.0528. The average molecular weight is 309 g/mol. The van der Waals surface area contributed by atoms with E-state index in [9.17, 15) is 14.7 Å². The number of hydrogen-bond acceptors (Lipinski definition) is 4. The number of carbonyl (C=O) groups excluding carboxylic acids is 2. The molecule has 7 heteroatoms. The van der Waals surface area contributed by atoms with Crippen molar-refractivity contribution >= 4 is 17.8 Å². The van der Waals surface area contributed by atoms with Gasteiger partial charge in [0.25, 0.3) is 0 Å². The van der Waals surface area contributed by atoms with Crippen molar-refractivity contribution in [1.29, 1.82) is 0 Å². The second kappa shape index (κ2) is 7.53. The van der Waals surface area contributed by atoms with Gasteiger partial charge >= 0.3 is 12.1 Å². The van der Waals surface area contributed by atoms with Gasteiger partial charge in [-0.05, 0) is 45.4 Å². The molecule has 0 spiro atoms. The van der Waals surface area contributed by atoms with E-state index in [2.05, 4.69) is 16.0 Å². The van der Waals surface area contributed by atoms with Crippen molar-refractivity contribution in [2.75, 3.05) is 18.4 Å². The van der Waals surface area contributed by atoms with Gasteiger partial charge in [-0.25, -0.2) is 9.59 Å². The summed E-state index contributed by atoms with van der Waals surface area (Å²) in [5.41, 5.74) is 0.658. The number of carbonyl (C=O) groups is 2. The Kier molecular flexibility index (Phi) is 6.03. The first-order valence-corrected chi connectivity index (χ1v) is 6.99. The van der Waals surface area contributed by atoms with Gasteiger partial charge in [-0.15, -0.1) is 0 Å². The minimum absolute atomic E-state index is 0.00188. The lowest BCUT2D eigenvalue weighted by Crippen LogP contribution is -2.39. The molecule has 22 heavy (non-hydrogen) atoms. The lowest BCUT2D eigenvalue weighted by atomic mass is 10.2. The molecule has 0 heterocycles. The third-order valence-corrected chi connectivity index (χ3v) is 2.48. The van der Waals surface area contributed by atoms with E-state index in [1.807, 2.05) is 6.92 Å². The zero-order valence-electron chi connectivity index (χ0n) is 13.3. The van der Waals surface area contributed by atoms with Gasteiger partial charge in [0.15, 0.2) is 0 Å². The molecule has 0 bridgehead atoms. The molecular weight excluding hydrogens is 286 g/mol. The van der Waals surface area contributed by atoms with Crippen LogP contribution in [0.3, 0.4) is 0 Å². The average Bonchev–Trinajstić information content (AvgIpc) is 2.36. The quantitative estimate of drug-likeness (QED) is 0.506. The number of hydrogen-bond donors (Lipinski definition) is 4. The Labute approximate surface area is 130 Å². The van der Waals surface area contributed by atoms with Crippen LogP contribution in [0.25, 0.3) is 0 Å². The van der Waals surface area contributed by atoms with Crippen molar-refractivity contribution in [2.45, 2.75) is 33.3 Å². The number of ether oxygens (including phenoxy) is 1. The van der Waals surface area contributed by atoms with Gasteiger partial charge in [-0.3, -0.25) is 0 Å². The van der Waals surface area contributed by atoms with Gasteiger partial charge in [-0.2, -0.15) is 0 Å². The molecule has 0 radical (unpaired) electrons. The van der Waals surface area contributed by atoms with Crippen molar-refractivity contribution in [3.63, 3.8) is 0 Å². The maximum Gasteiger partial charge on any atom is 0.407 e. The molecule has 3 amide bonds. The first-order valence-electron chi connectivity index (χ1n) is 6.99. The lowest BCUT2D eigenvalue weighted by Gasteiger charge is -2.19. The number of amides is 3. The van der Waals surface area contributed by atoms with Gasteiger partial charge in [0.1, 0.15) is 11.4 Å². The molecule has 0 fully saturated rings. The highest BCUT2D eigenvalue weighted by Crippen LogP contribution is 2.23. The summed E-state index contributed by atoms with van der Waals surface area (Å²) in [6.07, 6.45) is -0.536. The molecule has 1 aromatic rings. The van der Waals surface area contributed by atoms with E-state index in [-0.39, 0.29) is 18.8 Å². The zero-order chi connectivity index (χ0) is 16.8. The number of alkyl carbamates (subject to hydrolysis) is 1. The molecule has 1 aromatic carbocycles. The van der Waals surface area contributed by atoms with Crippen LogP contribution in [0.1, 0.15) is 26.3 Å². The van der Waals surface area contributed by atoms with Crippen LogP contribution in [-0.2, 0) is 4.74 Å². The fraction of sp³-hybridized carbons (Fsp3) is 0.467. The molecule has 0 aromatic heterocycles. The second-order valence-corrected chi connectivity index (χ2v) is 5.83. The number of nitrogens with one attached hydrogen (secondary N) is 3. The summed E-state index contributed by atoms with van der Waals surface area (Å²) in [6.45, 7) is 7.62. The molecule has 0 aliphatic carbocycles. The van der Waals surface area contributed by atoms with E-state index in [0.29, 0.717) is 5.69 Å². The maximum absolute atomic E-state index is 11.6. The molecule has 4 N–H and O–H groups in total. The Morgan fingerprint density at radius 1 is 1.18 bits per heavy atom. The number of phenols is 1. The van der Waals surface area contributed by atoms with Crippen LogP contribution >= 0.6 is 0 Å². The van der Waals surface area contributed by atoms with Crippen molar-refractivity contribution in [1.82, 2.24) is 10.6 Å². The summed E-state index contributed by atoms with van der Waals surface area (Å²) in [5, 5.41) is 17.3. The van der Waals surface area contributed by atoms with Crippen LogP contribution in [0.15, 0.2) is 18.2 Å².